The molecule has 1 saturated heterocycles. The van der Waals surface area contributed by atoms with Crippen LogP contribution in [0.2, 0.25) is 0 Å². The van der Waals surface area contributed by atoms with Crippen LogP contribution in [0, 0.1) is 0 Å². The highest BCUT2D eigenvalue weighted by molar-refractivity contribution is 7.10. The molecule has 2 aromatic heterocycles. The van der Waals surface area contributed by atoms with Crippen molar-refractivity contribution in [2.45, 2.75) is 38.6 Å². The largest absolute Gasteiger partial charge is 0.357 e. The van der Waals surface area contributed by atoms with Crippen LogP contribution in [0.5, 0.6) is 0 Å². The van der Waals surface area contributed by atoms with Gasteiger partial charge in [-0.3, -0.25) is 4.79 Å². The summed E-state index contributed by atoms with van der Waals surface area (Å²) >= 11 is 1.61. The van der Waals surface area contributed by atoms with Gasteiger partial charge in [0.1, 0.15) is 5.82 Å². The van der Waals surface area contributed by atoms with Crippen molar-refractivity contribution < 1.29 is 4.79 Å². The first-order chi connectivity index (χ1) is 11.3. The van der Waals surface area contributed by atoms with E-state index in [0.717, 1.165) is 29.3 Å². The summed E-state index contributed by atoms with van der Waals surface area (Å²) in [6.07, 6.45) is 7.49. The lowest BCUT2D eigenvalue weighted by Crippen LogP contribution is -2.26. The van der Waals surface area contributed by atoms with Crippen molar-refractivity contribution in [1.29, 1.82) is 0 Å². The van der Waals surface area contributed by atoms with E-state index >= 15 is 0 Å². The first kappa shape index (κ1) is 16.0. The maximum absolute atomic E-state index is 11.9. The number of aromatic nitrogens is 1. The molecule has 0 aliphatic carbocycles. The number of thiophene rings is 1. The van der Waals surface area contributed by atoms with Crippen LogP contribution in [0.3, 0.4) is 0 Å². The molecule has 1 fully saturated rings. The van der Waals surface area contributed by atoms with Gasteiger partial charge in [-0.25, -0.2) is 4.98 Å². The predicted octanol–water partition coefficient (Wildman–Crippen LogP) is 3.38. The quantitative estimate of drug-likeness (QED) is 0.914. The fourth-order valence-electron chi connectivity index (χ4n) is 2.84. The van der Waals surface area contributed by atoms with Crippen LogP contribution in [0.1, 0.15) is 36.1 Å². The number of anilines is 1. The lowest BCUT2D eigenvalue weighted by molar-refractivity contribution is -0.120. The average molecular weight is 329 g/mol. The van der Waals surface area contributed by atoms with Crippen LogP contribution < -0.4 is 10.2 Å². The van der Waals surface area contributed by atoms with Crippen molar-refractivity contribution in [2.75, 3.05) is 18.0 Å². The summed E-state index contributed by atoms with van der Waals surface area (Å²) in [5.41, 5.74) is 1.04. The van der Waals surface area contributed by atoms with Crippen LogP contribution in [-0.4, -0.2) is 24.0 Å². The average Bonchev–Trinajstić information content (AvgIpc) is 2.93. The number of carbonyl (C=O) groups is 1. The summed E-state index contributed by atoms with van der Waals surface area (Å²) < 4.78 is 0. The minimum absolute atomic E-state index is 0.0593. The van der Waals surface area contributed by atoms with E-state index < -0.39 is 0 Å². The third kappa shape index (κ3) is 4.79. The number of pyridine rings is 1. The highest BCUT2D eigenvalue weighted by atomic mass is 32.1. The number of hydrogen-bond acceptors (Lipinski definition) is 4. The Morgan fingerprint density at radius 1 is 1.17 bits per heavy atom. The fourth-order valence-corrected chi connectivity index (χ4v) is 3.55. The third-order valence-electron chi connectivity index (χ3n) is 4.14. The smallest absolute Gasteiger partial charge is 0.225 e. The van der Waals surface area contributed by atoms with E-state index in [0.29, 0.717) is 13.0 Å². The Kier molecular flexibility index (Phi) is 5.64. The number of nitrogens with one attached hydrogen (secondary N) is 1. The van der Waals surface area contributed by atoms with Crippen molar-refractivity contribution in [3.05, 3.63) is 46.3 Å². The van der Waals surface area contributed by atoms with Crippen molar-refractivity contribution in [1.82, 2.24) is 10.3 Å². The van der Waals surface area contributed by atoms with Gasteiger partial charge in [0.15, 0.2) is 0 Å². The van der Waals surface area contributed by atoms with Crippen molar-refractivity contribution in [3.8, 4) is 0 Å². The summed E-state index contributed by atoms with van der Waals surface area (Å²) in [5.74, 6) is 1.12. The topological polar surface area (TPSA) is 45.2 Å². The van der Waals surface area contributed by atoms with Crippen LogP contribution in [0.15, 0.2) is 35.8 Å². The Morgan fingerprint density at radius 3 is 2.65 bits per heavy atom. The van der Waals surface area contributed by atoms with Gasteiger partial charge in [0.2, 0.25) is 5.91 Å². The molecule has 0 saturated carbocycles. The second-order valence-electron chi connectivity index (χ2n) is 5.96. The molecule has 5 heteroatoms. The molecule has 0 spiro atoms. The van der Waals surface area contributed by atoms with Gasteiger partial charge in [0.05, 0.1) is 6.42 Å². The molecule has 122 valence electrons. The van der Waals surface area contributed by atoms with Gasteiger partial charge >= 0.3 is 0 Å². The van der Waals surface area contributed by atoms with Gasteiger partial charge in [0.25, 0.3) is 0 Å². The molecule has 23 heavy (non-hydrogen) atoms. The van der Waals surface area contributed by atoms with E-state index in [1.54, 1.807) is 11.3 Å². The van der Waals surface area contributed by atoms with E-state index in [9.17, 15) is 4.79 Å². The Morgan fingerprint density at radius 2 is 2.00 bits per heavy atom. The van der Waals surface area contributed by atoms with Crippen molar-refractivity contribution >= 4 is 23.1 Å². The molecule has 1 N–H and O–H groups in total. The molecule has 0 bridgehead atoms. The van der Waals surface area contributed by atoms with Gasteiger partial charge in [0, 0.05) is 30.7 Å². The monoisotopic (exact) mass is 329 g/mol. The zero-order valence-electron chi connectivity index (χ0n) is 13.3. The van der Waals surface area contributed by atoms with Gasteiger partial charge < -0.3 is 10.2 Å². The number of hydrogen-bond donors (Lipinski definition) is 1. The second kappa shape index (κ2) is 8.11. The van der Waals surface area contributed by atoms with E-state index in [4.69, 9.17) is 0 Å². The predicted molar refractivity (Wildman–Crippen MR) is 94.8 cm³/mol. The zero-order valence-corrected chi connectivity index (χ0v) is 14.1. The molecule has 1 amide bonds. The number of rotatable bonds is 5. The maximum Gasteiger partial charge on any atom is 0.225 e. The fraction of sp³-hybridized carbons (Fsp3) is 0.444. The molecule has 4 nitrogen and oxygen atoms in total. The molecular weight excluding hydrogens is 306 g/mol. The SMILES string of the molecule is O=C(Cc1cccs1)NCc1ccc(N2CCCCCC2)nc1. The lowest BCUT2D eigenvalue weighted by atomic mass is 10.2. The van der Waals surface area contributed by atoms with Gasteiger partial charge in [-0.2, -0.15) is 0 Å². The van der Waals surface area contributed by atoms with Crippen LogP contribution in [0.25, 0.3) is 0 Å². The molecule has 3 heterocycles. The highest BCUT2D eigenvalue weighted by Crippen LogP contribution is 2.17. The molecule has 3 rings (SSSR count). The highest BCUT2D eigenvalue weighted by Gasteiger charge is 2.11. The first-order valence-corrected chi connectivity index (χ1v) is 9.18. The third-order valence-corrected chi connectivity index (χ3v) is 5.02. The minimum Gasteiger partial charge on any atom is -0.357 e. The van der Waals surface area contributed by atoms with Crippen LogP contribution >= 0.6 is 11.3 Å². The van der Waals surface area contributed by atoms with Gasteiger partial charge in [-0.05, 0) is 35.9 Å². The van der Waals surface area contributed by atoms with Crippen molar-refractivity contribution in [2.24, 2.45) is 0 Å². The Balaban J connectivity index is 1.50. The molecule has 1 aliphatic rings. The van der Waals surface area contributed by atoms with Gasteiger partial charge in [-0.15, -0.1) is 11.3 Å². The lowest BCUT2D eigenvalue weighted by Gasteiger charge is -2.21. The summed E-state index contributed by atoms with van der Waals surface area (Å²) in [7, 11) is 0. The second-order valence-corrected chi connectivity index (χ2v) is 6.99. The van der Waals surface area contributed by atoms with Crippen LogP contribution in [0.4, 0.5) is 5.82 Å². The molecule has 1 aliphatic heterocycles. The van der Waals surface area contributed by atoms with E-state index in [1.807, 2.05) is 23.7 Å². The summed E-state index contributed by atoms with van der Waals surface area (Å²) in [4.78, 5) is 19.9. The molecule has 0 unspecified atom stereocenters. The number of nitrogens with zero attached hydrogens (tertiary/aromatic N) is 2. The maximum atomic E-state index is 11.9. The summed E-state index contributed by atoms with van der Waals surface area (Å²) in [6.45, 7) is 2.74. The first-order valence-electron chi connectivity index (χ1n) is 8.30. The zero-order chi connectivity index (χ0) is 15.9. The Bertz CT molecular complexity index is 602. The van der Waals surface area contributed by atoms with E-state index in [2.05, 4.69) is 27.3 Å². The van der Waals surface area contributed by atoms with E-state index in [-0.39, 0.29) is 5.91 Å². The van der Waals surface area contributed by atoms with Gasteiger partial charge in [-0.1, -0.05) is 25.0 Å². The van der Waals surface area contributed by atoms with Crippen molar-refractivity contribution in [3.63, 3.8) is 0 Å². The Labute approximate surface area is 141 Å². The normalized spacial score (nSPS) is 15.2. The number of carbonyl (C=O) groups excluding carboxylic acids is 1. The number of amides is 1. The minimum atomic E-state index is 0.0593. The molecule has 2 aromatic rings. The molecular formula is C18H23N3OS. The summed E-state index contributed by atoms with van der Waals surface area (Å²) in [6, 6.07) is 8.10. The molecule has 0 aromatic carbocycles. The Hall–Kier alpha value is -1.88. The summed E-state index contributed by atoms with van der Waals surface area (Å²) in [5, 5.41) is 4.95. The van der Waals surface area contributed by atoms with Crippen LogP contribution in [-0.2, 0) is 17.8 Å². The molecule has 0 atom stereocenters. The molecule has 0 radical (unpaired) electrons. The standard InChI is InChI=1S/C18H23N3OS/c22-18(12-16-6-5-11-23-16)20-14-15-7-8-17(19-13-15)21-9-3-1-2-4-10-21/h5-8,11,13H,1-4,9-10,12,14H2,(H,20,22). The van der Waals surface area contributed by atoms with E-state index in [1.165, 1.54) is 25.7 Å².